The van der Waals surface area contributed by atoms with Gasteiger partial charge in [0.2, 0.25) is 0 Å². The molecule has 0 atom stereocenters. The van der Waals surface area contributed by atoms with Crippen molar-refractivity contribution in [2.75, 3.05) is 0 Å². The Labute approximate surface area is 240 Å². The minimum absolute atomic E-state index is 0.109. The van der Waals surface area contributed by atoms with Crippen LogP contribution in [0.25, 0.3) is 17.3 Å². The predicted octanol–water partition coefficient (Wildman–Crippen LogP) is 8.21. The van der Waals surface area contributed by atoms with Gasteiger partial charge in [-0.25, -0.2) is 4.98 Å². The third-order valence-corrected chi connectivity index (χ3v) is 8.05. The molecule has 3 nitrogen and oxygen atoms in total. The second kappa shape index (κ2) is 10.4. The van der Waals surface area contributed by atoms with Crippen LogP contribution in [0.15, 0.2) is 158 Å². The molecule has 1 heterocycles. The smallest absolute Gasteiger partial charge is 0.189 e. The summed E-state index contributed by atoms with van der Waals surface area (Å²) in [5.41, 5.74) is 8.33. The van der Waals surface area contributed by atoms with Crippen LogP contribution in [0.3, 0.4) is 0 Å². The number of hydrogen-bond acceptors (Lipinski definition) is 2. The standard InChI is InChI=1S/C38H28N2O/c41-37-30(25-29-15-11-13-23-35(29)37)24-28-14-10-12-22-34(28)36-26-40(27-39-36)38(31-16-4-1-5-17-31,32-18-6-2-7-19-32)33-20-8-3-9-21-33/h1-24,26-27H,25H2. The summed E-state index contributed by atoms with van der Waals surface area (Å²) in [5, 5.41) is 0. The molecule has 0 amide bonds. The lowest BCUT2D eigenvalue weighted by atomic mass is 9.77. The van der Waals surface area contributed by atoms with E-state index in [1.807, 2.05) is 48.8 Å². The van der Waals surface area contributed by atoms with Crippen molar-refractivity contribution in [2.24, 2.45) is 0 Å². The molecule has 1 aliphatic carbocycles. The van der Waals surface area contributed by atoms with Crippen molar-refractivity contribution in [3.05, 3.63) is 191 Å². The highest BCUT2D eigenvalue weighted by atomic mass is 16.1. The van der Waals surface area contributed by atoms with Gasteiger partial charge in [0.1, 0.15) is 5.54 Å². The predicted molar refractivity (Wildman–Crippen MR) is 165 cm³/mol. The molecule has 5 aromatic carbocycles. The van der Waals surface area contributed by atoms with Crippen LogP contribution in [0.1, 0.15) is 38.2 Å². The van der Waals surface area contributed by atoms with Gasteiger partial charge in [-0.05, 0) is 33.9 Å². The third-order valence-electron chi connectivity index (χ3n) is 8.05. The van der Waals surface area contributed by atoms with Crippen molar-refractivity contribution < 1.29 is 4.79 Å². The Morgan fingerprint density at radius 1 is 0.610 bits per heavy atom. The molecular weight excluding hydrogens is 500 g/mol. The molecule has 1 aromatic heterocycles. The zero-order valence-corrected chi connectivity index (χ0v) is 22.5. The lowest BCUT2D eigenvalue weighted by Gasteiger charge is -2.37. The summed E-state index contributed by atoms with van der Waals surface area (Å²) < 4.78 is 2.23. The number of hydrogen-bond donors (Lipinski definition) is 0. The highest BCUT2D eigenvalue weighted by molar-refractivity contribution is 6.15. The lowest BCUT2D eigenvalue weighted by molar-refractivity contribution is 0.104. The molecule has 0 N–H and O–H groups in total. The van der Waals surface area contributed by atoms with Gasteiger partial charge in [0.05, 0.1) is 12.0 Å². The fraction of sp³-hybridized carbons (Fsp3) is 0.0526. The molecule has 3 heteroatoms. The molecule has 7 rings (SSSR count). The summed E-state index contributed by atoms with van der Waals surface area (Å²) in [7, 11) is 0. The van der Waals surface area contributed by atoms with E-state index in [4.69, 9.17) is 4.98 Å². The van der Waals surface area contributed by atoms with Crippen LogP contribution < -0.4 is 0 Å². The average molecular weight is 529 g/mol. The van der Waals surface area contributed by atoms with E-state index < -0.39 is 5.54 Å². The van der Waals surface area contributed by atoms with Gasteiger partial charge in [-0.15, -0.1) is 0 Å². The molecule has 0 spiro atoms. The fourth-order valence-electron chi connectivity index (χ4n) is 6.15. The molecule has 0 fully saturated rings. The third kappa shape index (κ3) is 4.23. The number of aromatic nitrogens is 2. The monoisotopic (exact) mass is 528 g/mol. The molecule has 0 radical (unpaired) electrons. The maximum absolute atomic E-state index is 13.2. The molecule has 1 aliphatic rings. The molecule has 196 valence electrons. The first kappa shape index (κ1) is 24.7. The van der Waals surface area contributed by atoms with Gasteiger partial charge in [-0.1, -0.05) is 140 Å². The van der Waals surface area contributed by atoms with Crippen molar-refractivity contribution in [2.45, 2.75) is 12.0 Å². The summed E-state index contributed by atoms with van der Waals surface area (Å²) in [6, 6.07) is 47.9. The second-order valence-corrected chi connectivity index (χ2v) is 10.4. The lowest BCUT2D eigenvalue weighted by Crippen LogP contribution is -2.36. The average Bonchev–Trinajstić information content (AvgIpc) is 3.65. The van der Waals surface area contributed by atoms with E-state index in [1.165, 1.54) is 0 Å². The molecule has 0 unspecified atom stereocenters. The Kier molecular flexibility index (Phi) is 6.25. The molecule has 0 saturated heterocycles. The summed E-state index contributed by atoms with van der Waals surface area (Å²) >= 11 is 0. The van der Waals surface area contributed by atoms with Gasteiger partial charge in [-0.2, -0.15) is 0 Å². The van der Waals surface area contributed by atoms with E-state index >= 15 is 0 Å². The van der Waals surface area contributed by atoms with Gasteiger partial charge >= 0.3 is 0 Å². The minimum Gasteiger partial charge on any atom is -0.318 e. The Hall–Kier alpha value is -5.28. The zero-order chi connectivity index (χ0) is 27.6. The molecule has 0 bridgehead atoms. The fourth-order valence-corrected chi connectivity index (χ4v) is 6.15. The highest BCUT2D eigenvalue weighted by Crippen LogP contribution is 2.41. The summed E-state index contributed by atoms with van der Waals surface area (Å²) in [5.74, 6) is 0.109. The molecular formula is C38H28N2O. The Bertz CT molecular complexity index is 1770. The number of Topliss-reactive ketones (excluding diaryl/α,β-unsaturated/α-hetero) is 1. The first-order valence-corrected chi connectivity index (χ1v) is 13.9. The van der Waals surface area contributed by atoms with Crippen LogP contribution >= 0.6 is 0 Å². The van der Waals surface area contributed by atoms with Gasteiger partial charge in [0, 0.05) is 29.3 Å². The molecule has 6 aromatic rings. The van der Waals surface area contributed by atoms with Gasteiger partial charge in [0.25, 0.3) is 0 Å². The van der Waals surface area contributed by atoms with Crippen LogP contribution in [0, 0.1) is 0 Å². The highest BCUT2D eigenvalue weighted by Gasteiger charge is 2.38. The summed E-state index contributed by atoms with van der Waals surface area (Å²) in [4.78, 5) is 18.1. The van der Waals surface area contributed by atoms with Gasteiger partial charge < -0.3 is 4.57 Å². The number of carbonyl (C=O) groups excluding carboxylic acids is 1. The number of allylic oxidation sites excluding steroid dienone is 1. The second-order valence-electron chi connectivity index (χ2n) is 10.4. The van der Waals surface area contributed by atoms with Crippen molar-refractivity contribution in [1.29, 1.82) is 0 Å². The van der Waals surface area contributed by atoms with E-state index in [9.17, 15) is 4.79 Å². The zero-order valence-electron chi connectivity index (χ0n) is 22.5. The van der Waals surface area contributed by atoms with Crippen LogP contribution in [0.4, 0.5) is 0 Å². The number of carbonyl (C=O) groups is 1. The SMILES string of the molecule is O=C1C(=Cc2ccccc2-c2cn(C(c3ccccc3)(c3ccccc3)c3ccccc3)cn2)Cc2ccccc21. The summed E-state index contributed by atoms with van der Waals surface area (Å²) in [6.45, 7) is 0. The molecule has 41 heavy (non-hydrogen) atoms. The van der Waals surface area contributed by atoms with Crippen molar-refractivity contribution in [1.82, 2.24) is 9.55 Å². The number of imidazole rings is 1. The van der Waals surface area contributed by atoms with Crippen molar-refractivity contribution in [3.63, 3.8) is 0 Å². The summed E-state index contributed by atoms with van der Waals surface area (Å²) in [6.07, 6.45) is 6.75. The van der Waals surface area contributed by atoms with Crippen LogP contribution in [0.5, 0.6) is 0 Å². The molecule has 0 saturated carbocycles. The minimum atomic E-state index is -0.633. The Morgan fingerprint density at radius 3 is 1.71 bits per heavy atom. The maximum Gasteiger partial charge on any atom is 0.189 e. The number of benzene rings is 5. The topological polar surface area (TPSA) is 34.9 Å². The van der Waals surface area contributed by atoms with E-state index in [-0.39, 0.29) is 5.78 Å². The van der Waals surface area contributed by atoms with E-state index in [0.29, 0.717) is 6.42 Å². The van der Waals surface area contributed by atoms with Crippen LogP contribution in [-0.4, -0.2) is 15.3 Å². The number of nitrogens with zero attached hydrogens (tertiary/aromatic N) is 2. The largest absolute Gasteiger partial charge is 0.318 e. The molecule has 0 aliphatic heterocycles. The Balaban J connectivity index is 1.39. The van der Waals surface area contributed by atoms with E-state index in [2.05, 4.69) is 114 Å². The normalized spacial score (nSPS) is 13.9. The van der Waals surface area contributed by atoms with Gasteiger partial charge in [0.15, 0.2) is 5.78 Å². The van der Waals surface area contributed by atoms with Crippen LogP contribution in [0.2, 0.25) is 0 Å². The first-order valence-electron chi connectivity index (χ1n) is 13.9. The van der Waals surface area contributed by atoms with Crippen molar-refractivity contribution in [3.8, 4) is 11.3 Å². The maximum atomic E-state index is 13.2. The number of ketones is 1. The van der Waals surface area contributed by atoms with E-state index in [1.54, 1.807) is 0 Å². The quantitative estimate of drug-likeness (QED) is 0.161. The van der Waals surface area contributed by atoms with Gasteiger partial charge in [-0.3, -0.25) is 4.79 Å². The van der Waals surface area contributed by atoms with E-state index in [0.717, 1.165) is 50.2 Å². The number of rotatable bonds is 6. The number of fused-ring (bicyclic) bond motifs is 1. The van der Waals surface area contributed by atoms with Crippen molar-refractivity contribution >= 4 is 11.9 Å². The first-order chi connectivity index (χ1) is 20.2. The Morgan fingerprint density at radius 2 is 1.12 bits per heavy atom. The van der Waals surface area contributed by atoms with Crippen LogP contribution in [-0.2, 0) is 12.0 Å².